The van der Waals surface area contributed by atoms with E-state index in [1.165, 1.54) is 56.5 Å². The van der Waals surface area contributed by atoms with Crippen LogP contribution in [0.1, 0.15) is 68.3 Å². The molecule has 0 bridgehead atoms. The van der Waals surface area contributed by atoms with Gasteiger partial charge in [-0.1, -0.05) is 6.42 Å². The molecule has 3 heteroatoms. The number of imidazole rings is 1. The van der Waals surface area contributed by atoms with E-state index in [1.54, 1.807) is 0 Å². The molecule has 3 rings (SSSR count). The Labute approximate surface area is 103 Å². The molecular formula is C14H23N3. The van der Waals surface area contributed by atoms with E-state index in [9.17, 15) is 0 Å². The second kappa shape index (κ2) is 4.81. The van der Waals surface area contributed by atoms with Crippen LogP contribution in [0.4, 0.5) is 0 Å². The van der Waals surface area contributed by atoms with E-state index < -0.39 is 0 Å². The molecule has 0 radical (unpaired) electrons. The van der Waals surface area contributed by atoms with Crippen LogP contribution in [-0.2, 0) is 0 Å². The van der Waals surface area contributed by atoms with Crippen LogP contribution in [-0.4, -0.2) is 23.1 Å². The summed E-state index contributed by atoms with van der Waals surface area (Å²) in [5.41, 5.74) is 1.39. The maximum Gasteiger partial charge on any atom is 0.109 e. The fourth-order valence-electron chi connectivity index (χ4n) is 3.14. The van der Waals surface area contributed by atoms with E-state index >= 15 is 0 Å². The van der Waals surface area contributed by atoms with Crippen molar-refractivity contribution in [2.45, 2.75) is 62.8 Å². The number of hydrogen-bond acceptors (Lipinski definition) is 2. The first-order chi connectivity index (χ1) is 8.36. The minimum atomic E-state index is 0.674. The fourth-order valence-corrected chi connectivity index (χ4v) is 3.14. The molecule has 0 aliphatic heterocycles. The number of rotatable bonds is 3. The molecule has 2 N–H and O–H groups in total. The van der Waals surface area contributed by atoms with Gasteiger partial charge in [0.1, 0.15) is 5.82 Å². The lowest BCUT2D eigenvalue weighted by Gasteiger charge is -2.27. The molecule has 0 aromatic carbocycles. The Balaban J connectivity index is 1.62. The first-order valence-corrected chi connectivity index (χ1v) is 7.09. The van der Waals surface area contributed by atoms with Crippen LogP contribution in [0, 0.1) is 0 Å². The highest BCUT2D eigenvalue weighted by atomic mass is 14.9. The van der Waals surface area contributed by atoms with Gasteiger partial charge in [0, 0.05) is 29.8 Å². The van der Waals surface area contributed by atoms with Gasteiger partial charge >= 0.3 is 0 Å². The fraction of sp³-hybridized carbons (Fsp3) is 0.786. The van der Waals surface area contributed by atoms with E-state index in [2.05, 4.69) is 28.5 Å². The molecule has 0 amide bonds. The quantitative estimate of drug-likeness (QED) is 0.842. The largest absolute Gasteiger partial charge is 0.345 e. The lowest BCUT2D eigenvalue weighted by Crippen LogP contribution is -2.29. The average molecular weight is 233 g/mol. The van der Waals surface area contributed by atoms with Crippen molar-refractivity contribution in [2.24, 2.45) is 0 Å². The van der Waals surface area contributed by atoms with Gasteiger partial charge in [-0.05, 0) is 45.6 Å². The Morgan fingerprint density at radius 2 is 1.88 bits per heavy atom. The van der Waals surface area contributed by atoms with Gasteiger partial charge in [-0.3, -0.25) is 0 Å². The highest BCUT2D eigenvalue weighted by molar-refractivity contribution is 5.13. The molecule has 1 heterocycles. The molecular weight excluding hydrogens is 210 g/mol. The molecule has 2 saturated carbocycles. The molecule has 2 aliphatic rings. The van der Waals surface area contributed by atoms with Crippen molar-refractivity contribution in [1.82, 2.24) is 15.3 Å². The summed E-state index contributed by atoms with van der Waals surface area (Å²) in [7, 11) is 2.08. The Kier molecular flexibility index (Phi) is 3.19. The van der Waals surface area contributed by atoms with E-state index in [0.29, 0.717) is 5.92 Å². The zero-order chi connectivity index (χ0) is 11.7. The second-order valence-electron chi connectivity index (χ2n) is 5.69. The molecule has 17 heavy (non-hydrogen) atoms. The topological polar surface area (TPSA) is 40.7 Å². The molecule has 0 spiro atoms. The highest BCUT2D eigenvalue weighted by Gasteiger charge is 2.26. The maximum absolute atomic E-state index is 4.62. The average Bonchev–Trinajstić information content (AvgIpc) is 2.76. The van der Waals surface area contributed by atoms with Gasteiger partial charge in [-0.2, -0.15) is 0 Å². The SMILES string of the molecule is CNC1CCC(c2ncc(C3CCC3)[nH]2)CC1. The lowest BCUT2D eigenvalue weighted by molar-refractivity contribution is 0.350. The maximum atomic E-state index is 4.62. The minimum Gasteiger partial charge on any atom is -0.345 e. The third kappa shape index (κ3) is 2.25. The van der Waals surface area contributed by atoms with Gasteiger partial charge in [0.05, 0.1) is 0 Å². The van der Waals surface area contributed by atoms with Crippen molar-refractivity contribution in [1.29, 1.82) is 0 Å². The number of H-pyrrole nitrogens is 1. The predicted octanol–water partition coefficient (Wildman–Crippen LogP) is 2.92. The molecule has 0 saturated heterocycles. The van der Waals surface area contributed by atoms with Crippen molar-refractivity contribution < 1.29 is 0 Å². The number of hydrogen-bond donors (Lipinski definition) is 2. The third-order valence-corrected chi connectivity index (χ3v) is 4.68. The predicted molar refractivity (Wildman–Crippen MR) is 69.2 cm³/mol. The Hall–Kier alpha value is -0.830. The van der Waals surface area contributed by atoms with E-state index in [-0.39, 0.29) is 0 Å². The first kappa shape index (κ1) is 11.3. The second-order valence-corrected chi connectivity index (χ2v) is 5.69. The smallest absolute Gasteiger partial charge is 0.109 e. The van der Waals surface area contributed by atoms with Gasteiger partial charge in [-0.25, -0.2) is 4.98 Å². The molecule has 94 valence electrons. The number of aromatic amines is 1. The van der Waals surface area contributed by atoms with E-state index in [4.69, 9.17) is 0 Å². The van der Waals surface area contributed by atoms with Crippen molar-refractivity contribution in [3.63, 3.8) is 0 Å². The molecule has 0 atom stereocenters. The number of nitrogens with zero attached hydrogens (tertiary/aromatic N) is 1. The zero-order valence-electron chi connectivity index (χ0n) is 10.7. The number of nitrogens with one attached hydrogen (secondary N) is 2. The molecule has 3 nitrogen and oxygen atoms in total. The molecule has 2 aliphatic carbocycles. The van der Waals surface area contributed by atoms with Crippen LogP contribution in [0.3, 0.4) is 0 Å². The first-order valence-electron chi connectivity index (χ1n) is 7.09. The van der Waals surface area contributed by atoms with Crippen molar-refractivity contribution in [3.8, 4) is 0 Å². The third-order valence-electron chi connectivity index (χ3n) is 4.68. The zero-order valence-corrected chi connectivity index (χ0v) is 10.7. The van der Waals surface area contributed by atoms with Gasteiger partial charge in [0.15, 0.2) is 0 Å². The highest BCUT2D eigenvalue weighted by Crippen LogP contribution is 2.37. The monoisotopic (exact) mass is 233 g/mol. The lowest BCUT2D eigenvalue weighted by atomic mass is 9.83. The van der Waals surface area contributed by atoms with Gasteiger partial charge in [0.2, 0.25) is 0 Å². The summed E-state index contributed by atoms with van der Waals surface area (Å²) in [5.74, 6) is 2.71. The van der Waals surface area contributed by atoms with Gasteiger partial charge in [0.25, 0.3) is 0 Å². The summed E-state index contributed by atoms with van der Waals surface area (Å²) in [6.45, 7) is 0. The van der Waals surface area contributed by atoms with Crippen LogP contribution in [0.2, 0.25) is 0 Å². The van der Waals surface area contributed by atoms with Crippen LogP contribution in [0.25, 0.3) is 0 Å². The summed E-state index contributed by atoms with van der Waals surface area (Å²) in [6, 6.07) is 0.729. The van der Waals surface area contributed by atoms with Crippen molar-refractivity contribution >= 4 is 0 Å². The van der Waals surface area contributed by atoms with Crippen LogP contribution in [0.5, 0.6) is 0 Å². The molecule has 0 unspecified atom stereocenters. The summed E-state index contributed by atoms with van der Waals surface area (Å²) < 4.78 is 0. The Morgan fingerprint density at radius 1 is 1.12 bits per heavy atom. The van der Waals surface area contributed by atoms with E-state index in [1.807, 2.05) is 0 Å². The molecule has 1 aromatic rings. The summed E-state index contributed by atoms with van der Waals surface area (Å²) in [5, 5.41) is 3.39. The van der Waals surface area contributed by atoms with Crippen LogP contribution >= 0.6 is 0 Å². The van der Waals surface area contributed by atoms with E-state index in [0.717, 1.165) is 12.0 Å². The van der Waals surface area contributed by atoms with Crippen LogP contribution in [0.15, 0.2) is 6.20 Å². The molecule has 2 fully saturated rings. The normalized spacial score (nSPS) is 30.2. The van der Waals surface area contributed by atoms with Crippen molar-refractivity contribution in [2.75, 3.05) is 7.05 Å². The summed E-state index contributed by atoms with van der Waals surface area (Å²) in [6.07, 6.45) is 11.3. The standard InChI is InChI=1S/C14H23N3/c1-15-12-7-5-11(6-8-12)14-16-9-13(17-14)10-3-2-4-10/h9-12,15H,2-8H2,1H3,(H,16,17). The summed E-state index contributed by atoms with van der Waals surface area (Å²) >= 11 is 0. The van der Waals surface area contributed by atoms with Crippen LogP contribution < -0.4 is 5.32 Å². The van der Waals surface area contributed by atoms with Crippen molar-refractivity contribution in [3.05, 3.63) is 17.7 Å². The van der Waals surface area contributed by atoms with Gasteiger partial charge in [-0.15, -0.1) is 0 Å². The number of aromatic nitrogens is 2. The summed E-state index contributed by atoms with van der Waals surface area (Å²) in [4.78, 5) is 8.20. The molecule has 1 aromatic heterocycles. The van der Waals surface area contributed by atoms with Gasteiger partial charge < -0.3 is 10.3 Å². The Morgan fingerprint density at radius 3 is 2.47 bits per heavy atom. The Bertz CT molecular complexity index is 359. The minimum absolute atomic E-state index is 0.674.